The van der Waals surface area contributed by atoms with Gasteiger partial charge in [-0.3, -0.25) is 10.1 Å². The van der Waals surface area contributed by atoms with E-state index in [1.807, 2.05) is 0 Å². The summed E-state index contributed by atoms with van der Waals surface area (Å²) in [4.78, 5) is 10.1. The van der Waals surface area contributed by atoms with Crippen molar-refractivity contribution < 1.29 is 9.31 Å². The van der Waals surface area contributed by atoms with Crippen molar-refractivity contribution in [2.75, 3.05) is 5.32 Å². The molecule has 0 atom stereocenters. The Bertz CT molecular complexity index is 710. The van der Waals surface area contributed by atoms with E-state index in [2.05, 4.69) is 10.6 Å². The van der Waals surface area contributed by atoms with Gasteiger partial charge >= 0.3 is 0 Å². The third-order valence-electron chi connectivity index (χ3n) is 2.78. The minimum Gasteiger partial charge on any atom is -0.358 e. The van der Waals surface area contributed by atoms with Crippen molar-refractivity contribution in [3.63, 3.8) is 0 Å². The standard InChI is InChI=1S/C14H11ClFN3O2S/c15-12-7-11(19(20)21)5-6-13(12)18-14(22)17-8-9-1-3-10(16)4-2-9/h1-7H,8H2,(H2,17,18,22). The van der Waals surface area contributed by atoms with Crippen LogP contribution in [0.4, 0.5) is 15.8 Å². The Hall–Kier alpha value is -2.25. The van der Waals surface area contributed by atoms with E-state index in [1.54, 1.807) is 12.1 Å². The molecule has 0 bridgehead atoms. The van der Waals surface area contributed by atoms with Crippen LogP contribution in [0.3, 0.4) is 0 Å². The number of halogens is 2. The summed E-state index contributed by atoms with van der Waals surface area (Å²) in [6.07, 6.45) is 0. The molecule has 0 aliphatic carbocycles. The zero-order valence-electron chi connectivity index (χ0n) is 11.2. The highest BCUT2D eigenvalue weighted by Gasteiger charge is 2.10. The number of hydrogen-bond donors (Lipinski definition) is 2. The predicted octanol–water partition coefficient (Wildman–Crippen LogP) is 3.87. The molecule has 0 radical (unpaired) electrons. The van der Waals surface area contributed by atoms with E-state index in [0.717, 1.165) is 5.56 Å². The lowest BCUT2D eigenvalue weighted by molar-refractivity contribution is -0.384. The van der Waals surface area contributed by atoms with Gasteiger partial charge in [0.2, 0.25) is 0 Å². The first-order valence-corrected chi connectivity index (χ1v) is 6.97. The van der Waals surface area contributed by atoms with Gasteiger partial charge in [0, 0.05) is 18.7 Å². The average molecular weight is 340 g/mol. The molecule has 2 aromatic carbocycles. The monoisotopic (exact) mass is 339 g/mol. The third kappa shape index (κ3) is 4.37. The summed E-state index contributed by atoms with van der Waals surface area (Å²) in [6, 6.07) is 10.1. The van der Waals surface area contributed by atoms with Crippen LogP contribution in [-0.4, -0.2) is 10.0 Å². The molecule has 8 heteroatoms. The molecule has 0 heterocycles. The Morgan fingerprint density at radius 1 is 1.27 bits per heavy atom. The maximum absolute atomic E-state index is 12.8. The molecule has 0 aliphatic rings. The minimum absolute atomic E-state index is 0.0965. The lowest BCUT2D eigenvalue weighted by Crippen LogP contribution is -2.28. The zero-order valence-corrected chi connectivity index (χ0v) is 12.7. The Labute approximate surface area is 136 Å². The van der Waals surface area contributed by atoms with E-state index in [4.69, 9.17) is 23.8 Å². The van der Waals surface area contributed by atoms with Gasteiger partial charge < -0.3 is 10.6 Å². The van der Waals surface area contributed by atoms with E-state index in [9.17, 15) is 14.5 Å². The molecule has 0 saturated heterocycles. The highest BCUT2D eigenvalue weighted by atomic mass is 35.5. The Kier molecular flexibility index (Phi) is 5.24. The number of nitrogens with zero attached hydrogens (tertiary/aromatic N) is 1. The van der Waals surface area contributed by atoms with E-state index >= 15 is 0 Å². The quantitative estimate of drug-likeness (QED) is 0.503. The molecule has 0 unspecified atom stereocenters. The maximum atomic E-state index is 12.8. The molecule has 2 aromatic rings. The third-order valence-corrected chi connectivity index (χ3v) is 3.34. The van der Waals surface area contributed by atoms with Crippen molar-refractivity contribution in [2.24, 2.45) is 0 Å². The molecule has 0 fully saturated rings. The summed E-state index contributed by atoms with van der Waals surface area (Å²) in [5.74, 6) is -0.304. The zero-order chi connectivity index (χ0) is 16.1. The van der Waals surface area contributed by atoms with E-state index < -0.39 is 4.92 Å². The van der Waals surface area contributed by atoms with Gasteiger partial charge in [-0.1, -0.05) is 23.7 Å². The first-order chi connectivity index (χ1) is 10.5. The number of nitro groups is 1. The number of thiocarbonyl (C=S) groups is 1. The Morgan fingerprint density at radius 2 is 1.95 bits per heavy atom. The highest BCUT2D eigenvalue weighted by Crippen LogP contribution is 2.26. The van der Waals surface area contributed by atoms with Gasteiger partial charge in [-0.2, -0.15) is 0 Å². The van der Waals surface area contributed by atoms with Crippen LogP contribution in [0.15, 0.2) is 42.5 Å². The topological polar surface area (TPSA) is 67.2 Å². The molecule has 5 nitrogen and oxygen atoms in total. The number of nitro benzene ring substituents is 1. The van der Waals surface area contributed by atoms with Crippen molar-refractivity contribution in [1.29, 1.82) is 0 Å². The molecule has 0 aromatic heterocycles. The molecule has 0 spiro atoms. The molecular formula is C14H11ClFN3O2S. The summed E-state index contributed by atoms with van der Waals surface area (Å²) >= 11 is 11.1. The molecule has 0 aliphatic heterocycles. The summed E-state index contributed by atoms with van der Waals surface area (Å²) in [6.45, 7) is 0.413. The van der Waals surface area contributed by atoms with Gasteiger partial charge in [0.25, 0.3) is 5.69 Å². The van der Waals surface area contributed by atoms with Gasteiger partial charge in [0.15, 0.2) is 5.11 Å². The number of rotatable bonds is 4. The lowest BCUT2D eigenvalue weighted by atomic mass is 10.2. The summed E-state index contributed by atoms with van der Waals surface area (Å²) in [7, 11) is 0. The fourth-order valence-corrected chi connectivity index (χ4v) is 2.07. The second-order valence-corrected chi connectivity index (χ2v) is 5.17. The Balaban J connectivity index is 1.94. The van der Waals surface area contributed by atoms with Crippen molar-refractivity contribution in [3.8, 4) is 0 Å². The molecule has 114 valence electrons. The number of hydrogen-bond acceptors (Lipinski definition) is 3. The van der Waals surface area contributed by atoms with Crippen LogP contribution < -0.4 is 10.6 Å². The molecular weight excluding hydrogens is 329 g/mol. The van der Waals surface area contributed by atoms with Crippen LogP contribution in [0.25, 0.3) is 0 Å². The van der Waals surface area contributed by atoms with Crippen LogP contribution in [-0.2, 0) is 6.54 Å². The maximum Gasteiger partial charge on any atom is 0.271 e. The average Bonchev–Trinajstić information content (AvgIpc) is 2.48. The molecule has 0 amide bonds. The number of benzene rings is 2. The van der Waals surface area contributed by atoms with Crippen molar-refractivity contribution in [2.45, 2.75) is 6.54 Å². The van der Waals surface area contributed by atoms with Gasteiger partial charge in [-0.15, -0.1) is 0 Å². The lowest BCUT2D eigenvalue weighted by Gasteiger charge is -2.11. The van der Waals surface area contributed by atoms with Crippen LogP contribution in [0.1, 0.15) is 5.56 Å². The number of nitrogens with one attached hydrogen (secondary N) is 2. The van der Waals surface area contributed by atoms with Crippen LogP contribution >= 0.6 is 23.8 Å². The molecule has 2 rings (SSSR count). The fraction of sp³-hybridized carbons (Fsp3) is 0.0714. The number of anilines is 1. The first kappa shape index (κ1) is 16.1. The van der Waals surface area contributed by atoms with Gasteiger partial charge in [0.1, 0.15) is 5.82 Å². The normalized spacial score (nSPS) is 10.1. The second kappa shape index (κ2) is 7.15. The van der Waals surface area contributed by atoms with Crippen LogP contribution in [0.2, 0.25) is 5.02 Å². The van der Waals surface area contributed by atoms with E-state index in [-0.39, 0.29) is 16.5 Å². The van der Waals surface area contributed by atoms with Crippen molar-refractivity contribution >= 4 is 40.3 Å². The van der Waals surface area contributed by atoms with Crippen molar-refractivity contribution in [1.82, 2.24) is 5.32 Å². The van der Waals surface area contributed by atoms with Crippen LogP contribution in [0, 0.1) is 15.9 Å². The summed E-state index contributed by atoms with van der Waals surface area (Å²) in [5, 5.41) is 16.9. The largest absolute Gasteiger partial charge is 0.358 e. The fourth-order valence-electron chi connectivity index (χ4n) is 1.67. The molecule has 22 heavy (non-hydrogen) atoms. The summed E-state index contributed by atoms with van der Waals surface area (Å²) < 4.78 is 12.8. The highest BCUT2D eigenvalue weighted by molar-refractivity contribution is 7.80. The molecule has 0 saturated carbocycles. The minimum atomic E-state index is -0.527. The number of non-ortho nitro benzene ring substituents is 1. The smallest absolute Gasteiger partial charge is 0.271 e. The predicted molar refractivity (Wildman–Crippen MR) is 87.6 cm³/mol. The van der Waals surface area contributed by atoms with Crippen LogP contribution in [0.5, 0.6) is 0 Å². The molecule has 2 N–H and O–H groups in total. The second-order valence-electron chi connectivity index (χ2n) is 4.36. The van der Waals surface area contributed by atoms with E-state index in [0.29, 0.717) is 17.3 Å². The SMILES string of the molecule is O=[N+]([O-])c1ccc(NC(=S)NCc2ccc(F)cc2)c(Cl)c1. The van der Waals surface area contributed by atoms with Crippen molar-refractivity contribution in [3.05, 3.63) is 69.0 Å². The van der Waals surface area contributed by atoms with Gasteiger partial charge in [-0.05, 0) is 36.0 Å². The first-order valence-electron chi connectivity index (χ1n) is 6.19. The summed E-state index contributed by atoms with van der Waals surface area (Å²) in [5.41, 5.74) is 1.23. The van der Waals surface area contributed by atoms with Gasteiger partial charge in [-0.25, -0.2) is 4.39 Å². The Morgan fingerprint density at radius 3 is 2.55 bits per heavy atom. The van der Waals surface area contributed by atoms with Gasteiger partial charge in [0.05, 0.1) is 15.6 Å². The van der Waals surface area contributed by atoms with E-state index in [1.165, 1.54) is 30.3 Å².